The zero-order chi connectivity index (χ0) is 20.6. The molecule has 1 aliphatic rings. The molecule has 2 heterocycles. The highest BCUT2D eigenvalue weighted by Crippen LogP contribution is 2.13. The maximum absolute atomic E-state index is 12.4. The van der Waals surface area contributed by atoms with E-state index in [1.54, 1.807) is 54.5 Å². The van der Waals surface area contributed by atoms with Gasteiger partial charge in [-0.2, -0.15) is 0 Å². The first-order valence-electron chi connectivity index (χ1n) is 9.43. The topological polar surface area (TPSA) is 105 Å². The summed E-state index contributed by atoms with van der Waals surface area (Å²) in [5.41, 5.74) is 0.920. The lowest BCUT2D eigenvalue weighted by Crippen LogP contribution is -2.49. The molecule has 0 atom stereocenters. The second-order valence-corrected chi connectivity index (χ2v) is 6.44. The van der Waals surface area contributed by atoms with E-state index in [0.29, 0.717) is 50.0 Å². The smallest absolute Gasteiger partial charge is 0.338 e. The minimum Gasteiger partial charge on any atom is -0.462 e. The molecule has 0 aliphatic carbocycles. The van der Waals surface area contributed by atoms with Crippen LogP contribution in [0.3, 0.4) is 0 Å². The molecular weight excluding hydrogens is 374 g/mol. The molecule has 1 fully saturated rings. The number of ether oxygens (including phenoxy) is 1. The molecule has 0 spiro atoms. The van der Waals surface area contributed by atoms with Crippen molar-refractivity contribution in [3.8, 4) is 0 Å². The Balaban J connectivity index is 1.46. The van der Waals surface area contributed by atoms with E-state index in [1.165, 1.54) is 0 Å². The number of hydrogen-bond donors (Lipinski definition) is 1. The Bertz CT molecular complexity index is 849. The summed E-state index contributed by atoms with van der Waals surface area (Å²) >= 11 is 0. The van der Waals surface area contributed by atoms with E-state index >= 15 is 0 Å². The zero-order valence-corrected chi connectivity index (χ0v) is 16.2. The molecule has 2 amide bonds. The van der Waals surface area contributed by atoms with Gasteiger partial charge in [0.1, 0.15) is 6.42 Å². The van der Waals surface area contributed by atoms with Gasteiger partial charge in [0.25, 0.3) is 0 Å². The van der Waals surface area contributed by atoms with Crippen LogP contribution in [0.25, 0.3) is 0 Å². The monoisotopic (exact) mass is 397 g/mol. The summed E-state index contributed by atoms with van der Waals surface area (Å²) in [7, 11) is 0. The van der Waals surface area contributed by atoms with Crippen molar-refractivity contribution in [3.63, 3.8) is 0 Å². The quantitative estimate of drug-likeness (QED) is 0.579. The van der Waals surface area contributed by atoms with Crippen molar-refractivity contribution < 1.29 is 19.1 Å². The molecule has 1 aromatic heterocycles. The van der Waals surface area contributed by atoms with Crippen LogP contribution in [0.15, 0.2) is 42.7 Å². The number of esters is 1. The van der Waals surface area contributed by atoms with E-state index < -0.39 is 11.9 Å². The van der Waals surface area contributed by atoms with Crippen LogP contribution in [0, 0.1) is 0 Å². The van der Waals surface area contributed by atoms with Gasteiger partial charge in [0, 0.05) is 44.3 Å². The number of benzene rings is 1. The Kier molecular flexibility index (Phi) is 6.72. The molecule has 152 valence electrons. The molecule has 0 unspecified atom stereocenters. The molecule has 0 radical (unpaired) electrons. The van der Waals surface area contributed by atoms with Crippen LogP contribution in [0.2, 0.25) is 0 Å². The van der Waals surface area contributed by atoms with Gasteiger partial charge in [0.15, 0.2) is 0 Å². The predicted octanol–water partition coefficient (Wildman–Crippen LogP) is 1.33. The number of anilines is 2. The van der Waals surface area contributed by atoms with Crippen molar-refractivity contribution in [1.82, 2.24) is 14.9 Å². The third-order valence-corrected chi connectivity index (χ3v) is 4.46. The van der Waals surface area contributed by atoms with E-state index in [-0.39, 0.29) is 12.3 Å². The SMILES string of the molecule is CCOC(=O)c1ccc(NC(=O)CC(=O)N2CCN(c3ncccn3)CC2)cc1. The van der Waals surface area contributed by atoms with Crippen LogP contribution in [-0.4, -0.2) is 65.4 Å². The molecule has 3 rings (SSSR count). The minimum absolute atomic E-state index is 0.223. The van der Waals surface area contributed by atoms with Crippen molar-refractivity contribution in [2.75, 3.05) is 43.0 Å². The van der Waals surface area contributed by atoms with Crippen LogP contribution < -0.4 is 10.2 Å². The maximum atomic E-state index is 12.4. The lowest BCUT2D eigenvalue weighted by atomic mass is 10.2. The number of nitrogens with zero attached hydrogens (tertiary/aromatic N) is 4. The fraction of sp³-hybridized carbons (Fsp3) is 0.350. The van der Waals surface area contributed by atoms with Gasteiger partial charge < -0.3 is 19.9 Å². The predicted molar refractivity (Wildman–Crippen MR) is 106 cm³/mol. The summed E-state index contributed by atoms with van der Waals surface area (Å²) in [6.45, 7) is 4.29. The van der Waals surface area contributed by atoms with Crippen molar-refractivity contribution in [2.24, 2.45) is 0 Å². The number of amides is 2. The van der Waals surface area contributed by atoms with Crippen LogP contribution in [0.1, 0.15) is 23.7 Å². The lowest BCUT2D eigenvalue weighted by molar-refractivity contribution is -0.134. The van der Waals surface area contributed by atoms with Gasteiger partial charge >= 0.3 is 5.97 Å². The van der Waals surface area contributed by atoms with Crippen molar-refractivity contribution in [2.45, 2.75) is 13.3 Å². The fourth-order valence-corrected chi connectivity index (χ4v) is 2.97. The number of aromatic nitrogens is 2. The first-order valence-corrected chi connectivity index (χ1v) is 9.43. The molecule has 0 saturated carbocycles. The summed E-state index contributed by atoms with van der Waals surface area (Å²) in [4.78, 5) is 48.3. The van der Waals surface area contributed by atoms with Gasteiger partial charge in [-0.1, -0.05) is 0 Å². The Labute approximate surface area is 168 Å². The lowest BCUT2D eigenvalue weighted by Gasteiger charge is -2.34. The van der Waals surface area contributed by atoms with Gasteiger partial charge in [0.2, 0.25) is 17.8 Å². The van der Waals surface area contributed by atoms with E-state index in [9.17, 15) is 14.4 Å². The number of carbonyl (C=O) groups is 3. The largest absolute Gasteiger partial charge is 0.462 e. The number of hydrogen-bond acceptors (Lipinski definition) is 7. The molecule has 0 bridgehead atoms. The van der Waals surface area contributed by atoms with Gasteiger partial charge in [-0.3, -0.25) is 9.59 Å². The Hall–Kier alpha value is -3.49. The van der Waals surface area contributed by atoms with E-state index in [1.807, 2.05) is 4.90 Å². The van der Waals surface area contributed by atoms with Crippen LogP contribution >= 0.6 is 0 Å². The second kappa shape index (κ2) is 9.63. The highest BCUT2D eigenvalue weighted by atomic mass is 16.5. The van der Waals surface area contributed by atoms with Crippen LogP contribution in [0.4, 0.5) is 11.6 Å². The first-order chi connectivity index (χ1) is 14.1. The highest BCUT2D eigenvalue weighted by Gasteiger charge is 2.24. The van der Waals surface area contributed by atoms with Gasteiger partial charge in [-0.05, 0) is 37.3 Å². The summed E-state index contributed by atoms with van der Waals surface area (Å²) in [5, 5.41) is 2.68. The standard InChI is InChI=1S/C20H23N5O4/c1-2-29-19(28)15-4-6-16(7-5-15)23-17(26)14-18(27)24-10-12-25(13-11-24)20-21-8-3-9-22-20/h3-9H,2,10-14H2,1H3,(H,23,26). The molecule has 2 aromatic rings. The fourth-order valence-electron chi connectivity index (χ4n) is 2.97. The number of rotatable bonds is 6. The number of nitrogens with one attached hydrogen (secondary N) is 1. The van der Waals surface area contributed by atoms with Crippen LogP contribution in [0.5, 0.6) is 0 Å². The van der Waals surface area contributed by atoms with Gasteiger partial charge in [-0.25, -0.2) is 14.8 Å². The molecular formula is C20H23N5O4. The average Bonchev–Trinajstić information content (AvgIpc) is 2.75. The second-order valence-electron chi connectivity index (χ2n) is 6.44. The average molecular weight is 397 g/mol. The number of piperazine rings is 1. The molecule has 9 heteroatoms. The van der Waals surface area contributed by atoms with Crippen molar-refractivity contribution in [1.29, 1.82) is 0 Å². The molecule has 1 N–H and O–H groups in total. The zero-order valence-electron chi connectivity index (χ0n) is 16.2. The third kappa shape index (κ3) is 5.50. The summed E-state index contributed by atoms with van der Waals surface area (Å²) < 4.78 is 4.92. The molecule has 29 heavy (non-hydrogen) atoms. The van der Waals surface area contributed by atoms with Gasteiger partial charge in [-0.15, -0.1) is 0 Å². The van der Waals surface area contributed by atoms with E-state index in [4.69, 9.17) is 4.74 Å². The van der Waals surface area contributed by atoms with E-state index in [2.05, 4.69) is 15.3 Å². The molecule has 1 saturated heterocycles. The van der Waals surface area contributed by atoms with E-state index in [0.717, 1.165) is 0 Å². The normalized spacial score (nSPS) is 13.7. The summed E-state index contributed by atoms with van der Waals surface area (Å²) in [5.74, 6) is -0.392. The van der Waals surface area contributed by atoms with Crippen LogP contribution in [-0.2, 0) is 14.3 Å². The Morgan fingerprint density at radius 2 is 1.69 bits per heavy atom. The summed E-state index contributed by atoms with van der Waals surface area (Å²) in [6.07, 6.45) is 3.13. The molecule has 1 aromatic carbocycles. The highest BCUT2D eigenvalue weighted by molar-refractivity contribution is 6.03. The van der Waals surface area contributed by atoms with Crippen molar-refractivity contribution in [3.05, 3.63) is 48.3 Å². The van der Waals surface area contributed by atoms with Gasteiger partial charge in [0.05, 0.1) is 12.2 Å². The molecule has 1 aliphatic heterocycles. The Morgan fingerprint density at radius 1 is 1.03 bits per heavy atom. The third-order valence-electron chi connectivity index (χ3n) is 4.46. The number of carbonyl (C=O) groups excluding carboxylic acids is 3. The molecule has 9 nitrogen and oxygen atoms in total. The maximum Gasteiger partial charge on any atom is 0.338 e. The summed E-state index contributed by atoms with van der Waals surface area (Å²) in [6, 6.07) is 8.10. The Morgan fingerprint density at radius 3 is 2.31 bits per heavy atom. The van der Waals surface area contributed by atoms with Crippen molar-refractivity contribution >= 4 is 29.4 Å². The minimum atomic E-state index is -0.416. The first kappa shape index (κ1) is 20.2.